The highest BCUT2D eigenvalue weighted by molar-refractivity contribution is 7.90. The van der Waals surface area contributed by atoms with Gasteiger partial charge in [0.15, 0.2) is 0 Å². The molecular formula is C22H32N4O4S2. The Morgan fingerprint density at radius 1 is 0.750 bits per heavy atom. The van der Waals surface area contributed by atoms with Crippen LogP contribution in [-0.4, -0.2) is 37.3 Å². The first-order valence-corrected chi connectivity index (χ1v) is 13.3. The molecule has 0 aliphatic heterocycles. The van der Waals surface area contributed by atoms with Crippen molar-refractivity contribution in [3.8, 4) is 0 Å². The molecular weight excluding hydrogens is 448 g/mol. The second kappa shape index (κ2) is 13.9. The average molecular weight is 481 g/mol. The quantitative estimate of drug-likeness (QED) is 0.446. The Hall–Kier alpha value is -2.40. The SMILES string of the molecule is C=CCCC(Cc1ccccn1)S(N)(=O)=O.C=CCCC(Cc1ccccn1)S(N)(=O)=O. The minimum absolute atomic E-state index is 0.355. The van der Waals surface area contributed by atoms with Crippen LogP contribution in [0.2, 0.25) is 0 Å². The standard InChI is InChI=1S/2C11H16N2O2S/c2*1-2-3-7-11(16(12,14)15)9-10-6-4-5-8-13-10/h2*2,4-6,8,11H,1,3,7,9H2,(H2,12,14,15). The van der Waals surface area contributed by atoms with Gasteiger partial charge in [-0.2, -0.15) is 0 Å². The lowest BCUT2D eigenvalue weighted by molar-refractivity contribution is 0.569. The van der Waals surface area contributed by atoms with E-state index in [4.69, 9.17) is 10.3 Å². The number of nitrogens with two attached hydrogens (primary N) is 2. The number of allylic oxidation sites excluding steroid dienone is 2. The van der Waals surface area contributed by atoms with Crippen molar-refractivity contribution in [2.75, 3.05) is 0 Å². The van der Waals surface area contributed by atoms with Gasteiger partial charge in [-0.1, -0.05) is 24.3 Å². The van der Waals surface area contributed by atoms with Crippen molar-refractivity contribution in [1.82, 2.24) is 9.97 Å². The molecule has 0 saturated heterocycles. The van der Waals surface area contributed by atoms with Crippen LogP contribution in [0.5, 0.6) is 0 Å². The molecule has 2 aromatic heterocycles. The number of pyridine rings is 2. The molecule has 8 nitrogen and oxygen atoms in total. The number of primary sulfonamides is 2. The first-order chi connectivity index (χ1) is 15.1. The van der Waals surface area contributed by atoms with Gasteiger partial charge in [0.1, 0.15) is 0 Å². The molecule has 0 radical (unpaired) electrons. The molecule has 0 bridgehead atoms. The Bertz CT molecular complexity index is 943. The van der Waals surface area contributed by atoms with Gasteiger partial charge in [0.25, 0.3) is 0 Å². The zero-order valence-corrected chi connectivity index (χ0v) is 19.7. The van der Waals surface area contributed by atoms with E-state index in [0.717, 1.165) is 11.4 Å². The first-order valence-electron chi connectivity index (χ1n) is 10.1. The molecule has 0 fully saturated rings. The summed E-state index contributed by atoms with van der Waals surface area (Å²) in [5.74, 6) is 0. The predicted octanol–water partition coefficient (Wildman–Crippen LogP) is 2.49. The van der Waals surface area contributed by atoms with Gasteiger partial charge in [-0.3, -0.25) is 9.97 Å². The van der Waals surface area contributed by atoms with Crippen molar-refractivity contribution in [3.05, 3.63) is 85.5 Å². The maximum absolute atomic E-state index is 11.4. The fourth-order valence-corrected chi connectivity index (χ4v) is 4.61. The summed E-state index contributed by atoms with van der Waals surface area (Å²) in [6, 6.07) is 10.8. The highest BCUT2D eigenvalue weighted by Gasteiger charge is 2.22. The lowest BCUT2D eigenvalue weighted by Crippen LogP contribution is -2.30. The van der Waals surface area contributed by atoms with Crippen molar-refractivity contribution >= 4 is 20.0 Å². The molecule has 2 atom stereocenters. The molecule has 4 N–H and O–H groups in total. The molecule has 0 aliphatic rings. The molecule has 0 saturated carbocycles. The third-order valence-electron chi connectivity index (χ3n) is 4.64. The molecule has 10 heteroatoms. The minimum Gasteiger partial charge on any atom is -0.261 e. The lowest BCUT2D eigenvalue weighted by Gasteiger charge is -2.12. The molecule has 2 aromatic rings. The number of nitrogens with zero attached hydrogens (tertiary/aromatic N) is 2. The van der Waals surface area contributed by atoms with E-state index < -0.39 is 30.5 Å². The number of sulfonamides is 2. The Morgan fingerprint density at radius 2 is 1.12 bits per heavy atom. The van der Waals surface area contributed by atoms with Gasteiger partial charge in [-0.05, 0) is 49.9 Å². The van der Waals surface area contributed by atoms with Crippen molar-refractivity contribution in [1.29, 1.82) is 0 Å². The first kappa shape index (κ1) is 27.6. The second-order valence-electron chi connectivity index (χ2n) is 7.20. The number of aromatic nitrogens is 2. The average Bonchev–Trinajstić information content (AvgIpc) is 2.74. The molecule has 0 aromatic carbocycles. The maximum atomic E-state index is 11.4. The van der Waals surface area contributed by atoms with E-state index in [1.54, 1.807) is 48.8 Å². The topological polar surface area (TPSA) is 146 Å². The van der Waals surface area contributed by atoms with Gasteiger partial charge in [-0.15, -0.1) is 13.2 Å². The normalized spacial score (nSPS) is 13.3. The summed E-state index contributed by atoms with van der Waals surface area (Å²) < 4.78 is 45.4. The molecule has 176 valence electrons. The molecule has 2 unspecified atom stereocenters. The van der Waals surface area contributed by atoms with Gasteiger partial charge in [-0.25, -0.2) is 27.1 Å². The van der Waals surface area contributed by atoms with E-state index in [9.17, 15) is 16.8 Å². The van der Waals surface area contributed by atoms with Gasteiger partial charge < -0.3 is 0 Å². The largest absolute Gasteiger partial charge is 0.261 e. The monoisotopic (exact) mass is 480 g/mol. The summed E-state index contributed by atoms with van der Waals surface area (Å²) in [5, 5.41) is 9.19. The summed E-state index contributed by atoms with van der Waals surface area (Å²) in [7, 11) is -7.05. The van der Waals surface area contributed by atoms with Crippen molar-refractivity contribution in [3.63, 3.8) is 0 Å². The highest BCUT2D eigenvalue weighted by atomic mass is 32.2. The van der Waals surface area contributed by atoms with Crippen LogP contribution in [0, 0.1) is 0 Å². The van der Waals surface area contributed by atoms with E-state index in [1.807, 2.05) is 12.1 Å². The number of hydrogen-bond acceptors (Lipinski definition) is 6. The van der Waals surface area contributed by atoms with Crippen molar-refractivity contribution < 1.29 is 16.8 Å². The van der Waals surface area contributed by atoms with Crippen molar-refractivity contribution in [2.45, 2.75) is 49.0 Å². The summed E-state index contributed by atoms with van der Waals surface area (Å²) >= 11 is 0. The number of rotatable bonds is 12. The fourth-order valence-electron chi connectivity index (χ4n) is 2.88. The maximum Gasteiger partial charge on any atom is 0.212 e. The zero-order chi connectivity index (χ0) is 24.0. The smallest absolute Gasteiger partial charge is 0.212 e. The molecule has 2 heterocycles. The summed E-state index contributed by atoms with van der Waals surface area (Å²) in [6.45, 7) is 7.14. The Balaban J connectivity index is 0.000000320. The van der Waals surface area contributed by atoms with Crippen LogP contribution in [0.1, 0.15) is 37.1 Å². The van der Waals surface area contributed by atoms with E-state index in [2.05, 4.69) is 23.1 Å². The van der Waals surface area contributed by atoms with Crippen LogP contribution in [0.25, 0.3) is 0 Å². The predicted molar refractivity (Wildman–Crippen MR) is 129 cm³/mol. The second-order valence-corrected chi connectivity index (χ2v) is 10.9. The summed E-state index contributed by atoms with van der Waals surface area (Å²) in [4.78, 5) is 8.19. The van der Waals surface area contributed by atoms with Crippen LogP contribution in [0.15, 0.2) is 74.1 Å². The third kappa shape index (κ3) is 11.3. The van der Waals surface area contributed by atoms with Gasteiger partial charge >= 0.3 is 0 Å². The van der Waals surface area contributed by atoms with Gasteiger partial charge in [0.2, 0.25) is 20.0 Å². The molecule has 0 amide bonds. The van der Waals surface area contributed by atoms with Crippen LogP contribution < -0.4 is 10.3 Å². The Kier molecular flexibility index (Phi) is 12.0. The van der Waals surface area contributed by atoms with Gasteiger partial charge in [0, 0.05) is 36.6 Å². The zero-order valence-electron chi connectivity index (χ0n) is 18.1. The summed E-state index contributed by atoms with van der Waals surface area (Å²) in [6.07, 6.45) is 9.61. The van der Waals surface area contributed by atoms with Crippen molar-refractivity contribution in [2.24, 2.45) is 10.3 Å². The van der Waals surface area contributed by atoms with E-state index >= 15 is 0 Å². The van der Waals surface area contributed by atoms with Crippen LogP contribution in [0.4, 0.5) is 0 Å². The molecule has 32 heavy (non-hydrogen) atoms. The van der Waals surface area contributed by atoms with Crippen LogP contribution >= 0.6 is 0 Å². The fraction of sp³-hybridized carbons (Fsp3) is 0.364. The van der Waals surface area contributed by atoms with E-state index in [1.165, 1.54) is 0 Å². The molecule has 2 rings (SSSR count). The Labute approximate surface area is 191 Å². The molecule has 0 spiro atoms. The summed E-state index contributed by atoms with van der Waals surface area (Å²) in [5.41, 5.74) is 1.48. The minimum atomic E-state index is -3.52. The van der Waals surface area contributed by atoms with Gasteiger partial charge in [0.05, 0.1) is 10.5 Å². The van der Waals surface area contributed by atoms with E-state index in [0.29, 0.717) is 38.5 Å². The lowest BCUT2D eigenvalue weighted by atomic mass is 10.1. The number of hydrogen-bond donors (Lipinski definition) is 2. The van der Waals surface area contributed by atoms with Crippen LogP contribution in [-0.2, 0) is 32.9 Å². The van der Waals surface area contributed by atoms with Crippen LogP contribution in [0.3, 0.4) is 0 Å². The Morgan fingerprint density at radius 3 is 1.38 bits per heavy atom. The molecule has 0 aliphatic carbocycles. The highest BCUT2D eigenvalue weighted by Crippen LogP contribution is 2.13. The van der Waals surface area contributed by atoms with E-state index in [-0.39, 0.29) is 0 Å². The third-order valence-corrected chi connectivity index (χ3v) is 7.30.